The van der Waals surface area contributed by atoms with E-state index in [9.17, 15) is 13.6 Å². The molecule has 1 heterocycles. The second-order valence-electron chi connectivity index (χ2n) is 7.15. The number of nitrogens with one attached hydrogen (secondary N) is 1. The molecule has 0 aromatic heterocycles. The van der Waals surface area contributed by atoms with Crippen LogP contribution in [0, 0.1) is 0 Å². The second kappa shape index (κ2) is 7.43. The number of amides is 1. The van der Waals surface area contributed by atoms with Gasteiger partial charge >= 0.3 is 6.09 Å². The summed E-state index contributed by atoms with van der Waals surface area (Å²) in [4.78, 5) is 13.7. The Kier molecular flexibility index (Phi) is 5.79. The van der Waals surface area contributed by atoms with E-state index in [0.29, 0.717) is 25.2 Å². The fourth-order valence-corrected chi connectivity index (χ4v) is 2.70. The first kappa shape index (κ1) is 17.9. The fraction of sp³-hybridized carbons (Fsp3) is 0.706. The Hall–Kier alpha value is -1.43. The van der Waals surface area contributed by atoms with Crippen molar-refractivity contribution in [1.82, 2.24) is 10.2 Å². The highest BCUT2D eigenvalue weighted by Crippen LogP contribution is 2.23. The molecule has 1 unspecified atom stereocenters. The lowest BCUT2D eigenvalue weighted by molar-refractivity contribution is 0.0199. The third kappa shape index (κ3) is 5.61. The Morgan fingerprint density at radius 2 is 2.00 bits per heavy atom. The summed E-state index contributed by atoms with van der Waals surface area (Å²) >= 11 is 0. The molecule has 0 spiro atoms. The van der Waals surface area contributed by atoms with E-state index in [-0.39, 0.29) is 18.6 Å². The highest BCUT2D eigenvalue weighted by Gasteiger charge is 2.27. The van der Waals surface area contributed by atoms with Crippen LogP contribution in [0.5, 0.6) is 0 Å². The molecule has 0 aromatic rings. The molecule has 1 fully saturated rings. The molecular formula is C17H26F2N2O2. The van der Waals surface area contributed by atoms with Crippen molar-refractivity contribution in [3.8, 4) is 0 Å². The molecule has 1 amide bonds. The minimum atomic E-state index is -1.24. The Morgan fingerprint density at radius 1 is 1.35 bits per heavy atom. The number of rotatable bonds is 3. The fourth-order valence-electron chi connectivity index (χ4n) is 2.70. The maximum absolute atomic E-state index is 13.7. The molecule has 23 heavy (non-hydrogen) atoms. The van der Waals surface area contributed by atoms with Gasteiger partial charge in [0.1, 0.15) is 17.6 Å². The molecule has 1 atom stereocenters. The smallest absolute Gasteiger partial charge is 0.410 e. The van der Waals surface area contributed by atoms with Crippen molar-refractivity contribution in [3.05, 3.63) is 23.6 Å². The number of hydrogen-bond donors (Lipinski definition) is 1. The monoisotopic (exact) mass is 328 g/mol. The molecule has 2 rings (SSSR count). The summed E-state index contributed by atoms with van der Waals surface area (Å²) in [7, 11) is 0. The zero-order valence-corrected chi connectivity index (χ0v) is 14.1. The van der Waals surface area contributed by atoms with E-state index in [1.54, 1.807) is 4.90 Å². The van der Waals surface area contributed by atoms with Gasteiger partial charge in [0, 0.05) is 32.1 Å². The highest BCUT2D eigenvalue weighted by molar-refractivity contribution is 5.68. The van der Waals surface area contributed by atoms with Gasteiger partial charge < -0.3 is 15.0 Å². The highest BCUT2D eigenvalue weighted by atomic mass is 19.1. The van der Waals surface area contributed by atoms with Gasteiger partial charge in [0.25, 0.3) is 0 Å². The van der Waals surface area contributed by atoms with E-state index in [1.807, 2.05) is 20.8 Å². The molecule has 1 aliphatic heterocycles. The van der Waals surface area contributed by atoms with Crippen LogP contribution in [0.15, 0.2) is 23.6 Å². The van der Waals surface area contributed by atoms with E-state index >= 15 is 0 Å². The van der Waals surface area contributed by atoms with Gasteiger partial charge in [-0.05, 0) is 45.3 Å². The van der Waals surface area contributed by atoms with Gasteiger partial charge in [-0.2, -0.15) is 0 Å². The SMILES string of the molecule is CC(C)(C)OC(=O)N1CCC(NCC2=CC=C(F)CC2F)CC1. The molecule has 130 valence electrons. The minimum Gasteiger partial charge on any atom is -0.444 e. The van der Waals surface area contributed by atoms with Crippen molar-refractivity contribution in [3.63, 3.8) is 0 Å². The number of halogens is 2. The number of ether oxygens (including phenoxy) is 1. The van der Waals surface area contributed by atoms with E-state index in [4.69, 9.17) is 4.74 Å². The maximum Gasteiger partial charge on any atom is 0.410 e. The van der Waals surface area contributed by atoms with E-state index in [0.717, 1.165) is 12.8 Å². The van der Waals surface area contributed by atoms with Crippen LogP contribution in [0.2, 0.25) is 0 Å². The molecule has 4 nitrogen and oxygen atoms in total. The van der Waals surface area contributed by atoms with E-state index in [2.05, 4.69) is 5.32 Å². The van der Waals surface area contributed by atoms with E-state index in [1.165, 1.54) is 12.2 Å². The minimum absolute atomic E-state index is 0.162. The zero-order valence-electron chi connectivity index (χ0n) is 14.1. The maximum atomic E-state index is 13.7. The van der Waals surface area contributed by atoms with Gasteiger partial charge in [-0.15, -0.1) is 0 Å². The lowest BCUT2D eigenvalue weighted by atomic mass is 10.0. The van der Waals surface area contributed by atoms with Crippen LogP contribution < -0.4 is 5.32 Å². The van der Waals surface area contributed by atoms with Crippen LogP contribution in [0.3, 0.4) is 0 Å². The van der Waals surface area contributed by atoms with Crippen LogP contribution in [-0.2, 0) is 4.74 Å². The average Bonchev–Trinajstić information content (AvgIpc) is 2.45. The van der Waals surface area contributed by atoms with E-state index < -0.39 is 17.6 Å². The third-order valence-electron chi connectivity index (χ3n) is 4.00. The first-order valence-electron chi connectivity index (χ1n) is 8.15. The number of carbonyl (C=O) groups excluding carboxylic acids is 1. The van der Waals surface area contributed by atoms with Gasteiger partial charge in [-0.3, -0.25) is 0 Å². The largest absolute Gasteiger partial charge is 0.444 e. The summed E-state index contributed by atoms with van der Waals surface area (Å²) < 4.78 is 32.0. The molecule has 6 heteroatoms. The predicted octanol–water partition coefficient (Wildman–Crippen LogP) is 3.50. The standard InChI is InChI=1S/C17H26F2N2O2/c1-17(2,3)23-16(22)21-8-6-14(7-9-21)20-11-12-4-5-13(18)10-15(12)19/h4-5,14-15,20H,6-11H2,1-3H3. The van der Waals surface area contributed by atoms with Crippen molar-refractivity contribution in [2.75, 3.05) is 19.6 Å². The molecule has 2 aliphatic rings. The normalized spacial score (nSPS) is 23.3. The number of alkyl halides is 1. The summed E-state index contributed by atoms with van der Waals surface area (Å²) in [6, 6.07) is 0.234. The van der Waals surface area contributed by atoms with Crippen LogP contribution in [-0.4, -0.2) is 48.4 Å². The van der Waals surface area contributed by atoms with Crippen LogP contribution >= 0.6 is 0 Å². The average molecular weight is 328 g/mol. The quantitative estimate of drug-likeness (QED) is 0.862. The number of carbonyl (C=O) groups is 1. The summed E-state index contributed by atoms with van der Waals surface area (Å²) in [5.41, 5.74) is 0.0967. The topological polar surface area (TPSA) is 41.6 Å². The lowest BCUT2D eigenvalue weighted by Crippen LogP contribution is -2.47. The number of hydrogen-bond acceptors (Lipinski definition) is 3. The van der Waals surface area contributed by atoms with Gasteiger partial charge in [-0.1, -0.05) is 6.08 Å². The molecule has 1 aliphatic carbocycles. The van der Waals surface area contributed by atoms with Crippen molar-refractivity contribution in [2.45, 2.75) is 57.8 Å². The molecule has 0 radical (unpaired) electrons. The van der Waals surface area contributed by atoms with Crippen LogP contribution in [0.1, 0.15) is 40.0 Å². The summed E-state index contributed by atoms with van der Waals surface area (Å²) in [6.45, 7) is 7.21. The summed E-state index contributed by atoms with van der Waals surface area (Å²) in [5.74, 6) is -0.410. The molecule has 0 aromatic carbocycles. The Labute approximate surface area is 136 Å². The molecule has 1 N–H and O–H groups in total. The van der Waals surface area contributed by atoms with Crippen molar-refractivity contribution >= 4 is 6.09 Å². The lowest BCUT2D eigenvalue weighted by Gasteiger charge is -2.34. The van der Waals surface area contributed by atoms with Crippen molar-refractivity contribution in [2.24, 2.45) is 0 Å². The van der Waals surface area contributed by atoms with Gasteiger partial charge in [0.2, 0.25) is 0 Å². The van der Waals surface area contributed by atoms with Gasteiger partial charge in [-0.25, -0.2) is 13.6 Å². The molecular weight excluding hydrogens is 302 g/mol. The number of likely N-dealkylation sites (tertiary alicyclic amines) is 1. The zero-order chi connectivity index (χ0) is 17.0. The Bertz CT molecular complexity index is 489. The molecule has 0 bridgehead atoms. The second-order valence-corrected chi connectivity index (χ2v) is 7.15. The first-order chi connectivity index (χ1) is 10.7. The number of nitrogens with zero attached hydrogens (tertiary/aromatic N) is 1. The molecule has 1 saturated heterocycles. The van der Waals surface area contributed by atoms with Crippen molar-refractivity contribution in [1.29, 1.82) is 0 Å². The number of piperidine rings is 1. The third-order valence-corrected chi connectivity index (χ3v) is 4.00. The number of allylic oxidation sites excluding steroid dienone is 3. The molecule has 0 saturated carbocycles. The Balaban J connectivity index is 1.74. The first-order valence-corrected chi connectivity index (χ1v) is 8.15. The summed E-state index contributed by atoms with van der Waals surface area (Å²) in [5, 5.41) is 3.31. The van der Waals surface area contributed by atoms with Crippen LogP contribution in [0.25, 0.3) is 0 Å². The predicted molar refractivity (Wildman–Crippen MR) is 85.6 cm³/mol. The van der Waals surface area contributed by atoms with Gasteiger partial charge in [0.15, 0.2) is 0 Å². The van der Waals surface area contributed by atoms with Gasteiger partial charge in [0.05, 0.1) is 0 Å². The van der Waals surface area contributed by atoms with Crippen molar-refractivity contribution < 1.29 is 18.3 Å². The Morgan fingerprint density at radius 3 is 2.57 bits per heavy atom. The summed E-state index contributed by atoms with van der Waals surface area (Å²) in [6.07, 6.45) is 2.76. The van der Waals surface area contributed by atoms with Crippen LogP contribution in [0.4, 0.5) is 13.6 Å².